The number of anilines is 1. The van der Waals surface area contributed by atoms with Gasteiger partial charge in [-0.05, 0) is 6.92 Å². The number of nitrogens with one attached hydrogen (secondary N) is 1. The van der Waals surface area contributed by atoms with Gasteiger partial charge in [0.05, 0.1) is 6.54 Å². The minimum atomic E-state index is -1.21. The second-order valence-corrected chi connectivity index (χ2v) is 5.21. The van der Waals surface area contributed by atoms with Gasteiger partial charge in [0.1, 0.15) is 10.7 Å². The van der Waals surface area contributed by atoms with Crippen molar-refractivity contribution in [3.05, 3.63) is 22.2 Å². The first-order valence-electron chi connectivity index (χ1n) is 5.72. The minimum absolute atomic E-state index is 0.144. The van der Waals surface area contributed by atoms with Crippen LogP contribution in [0.25, 0.3) is 0 Å². The van der Waals surface area contributed by atoms with Crippen LogP contribution >= 0.6 is 11.3 Å². The normalized spacial score (nSPS) is 10.6. The SMILES string of the molecule is CC(=O)c1sc(N(C)Cc2n[nH]c(C)n2)nc1C(=O)O. The topological polar surface area (TPSA) is 112 Å². The molecule has 0 aromatic carbocycles. The molecular formula is C11H13N5O3S. The largest absolute Gasteiger partial charge is 0.476 e. The Morgan fingerprint density at radius 1 is 1.40 bits per heavy atom. The number of aromatic amines is 1. The van der Waals surface area contributed by atoms with Crippen molar-refractivity contribution in [1.82, 2.24) is 20.2 Å². The summed E-state index contributed by atoms with van der Waals surface area (Å²) < 4.78 is 0. The Balaban J connectivity index is 2.26. The maximum atomic E-state index is 11.4. The first-order chi connectivity index (χ1) is 9.38. The van der Waals surface area contributed by atoms with E-state index in [2.05, 4.69) is 20.2 Å². The van der Waals surface area contributed by atoms with Crippen molar-refractivity contribution >= 4 is 28.2 Å². The predicted molar refractivity (Wildman–Crippen MR) is 72.3 cm³/mol. The molecule has 0 radical (unpaired) electrons. The zero-order chi connectivity index (χ0) is 14.9. The molecule has 8 nitrogen and oxygen atoms in total. The summed E-state index contributed by atoms with van der Waals surface area (Å²) in [5, 5.41) is 16.2. The predicted octanol–water partition coefficient (Wildman–Crippen LogP) is 1.11. The Bertz CT molecular complexity index is 631. The van der Waals surface area contributed by atoms with E-state index >= 15 is 0 Å². The molecule has 2 aromatic heterocycles. The lowest BCUT2D eigenvalue weighted by Gasteiger charge is -2.12. The van der Waals surface area contributed by atoms with Gasteiger partial charge in [0.2, 0.25) is 0 Å². The lowest BCUT2D eigenvalue weighted by atomic mass is 10.3. The summed E-state index contributed by atoms with van der Waals surface area (Å²) in [6.07, 6.45) is 0. The van der Waals surface area contributed by atoms with Crippen LogP contribution in [0.5, 0.6) is 0 Å². The number of rotatable bonds is 5. The van der Waals surface area contributed by atoms with Gasteiger partial charge in [0.25, 0.3) is 0 Å². The van der Waals surface area contributed by atoms with Gasteiger partial charge in [-0.1, -0.05) is 11.3 Å². The van der Waals surface area contributed by atoms with Gasteiger partial charge in [0, 0.05) is 14.0 Å². The number of aryl methyl sites for hydroxylation is 1. The number of carboxylic acids is 1. The summed E-state index contributed by atoms with van der Waals surface area (Å²) in [6.45, 7) is 3.48. The summed E-state index contributed by atoms with van der Waals surface area (Å²) in [7, 11) is 1.74. The second kappa shape index (κ2) is 5.37. The fourth-order valence-electron chi connectivity index (χ4n) is 1.60. The molecule has 20 heavy (non-hydrogen) atoms. The average Bonchev–Trinajstić information content (AvgIpc) is 2.95. The van der Waals surface area contributed by atoms with Gasteiger partial charge in [-0.3, -0.25) is 9.89 Å². The number of hydrogen-bond acceptors (Lipinski definition) is 7. The minimum Gasteiger partial charge on any atom is -0.476 e. The number of thiazole rings is 1. The molecule has 0 unspecified atom stereocenters. The lowest BCUT2D eigenvalue weighted by Crippen LogP contribution is -2.17. The first kappa shape index (κ1) is 14.1. The molecule has 0 atom stereocenters. The molecule has 0 aliphatic heterocycles. The maximum absolute atomic E-state index is 11.4. The molecule has 0 bridgehead atoms. The molecule has 106 valence electrons. The third-order valence-corrected chi connectivity index (χ3v) is 3.76. The summed E-state index contributed by atoms with van der Waals surface area (Å²) in [6, 6.07) is 0. The van der Waals surface area contributed by atoms with Crippen molar-refractivity contribution in [2.45, 2.75) is 20.4 Å². The van der Waals surface area contributed by atoms with Crippen molar-refractivity contribution in [1.29, 1.82) is 0 Å². The molecule has 2 rings (SSSR count). The van der Waals surface area contributed by atoms with Crippen LogP contribution in [0.2, 0.25) is 0 Å². The molecule has 0 saturated heterocycles. The number of H-pyrrole nitrogens is 1. The Morgan fingerprint density at radius 2 is 2.10 bits per heavy atom. The van der Waals surface area contributed by atoms with E-state index in [0.717, 1.165) is 11.3 Å². The van der Waals surface area contributed by atoms with Crippen molar-refractivity contribution < 1.29 is 14.7 Å². The highest BCUT2D eigenvalue weighted by Gasteiger charge is 2.22. The van der Waals surface area contributed by atoms with E-state index in [1.807, 2.05) is 0 Å². The highest BCUT2D eigenvalue weighted by molar-refractivity contribution is 7.17. The second-order valence-electron chi connectivity index (χ2n) is 4.23. The zero-order valence-corrected chi connectivity index (χ0v) is 12.0. The number of carboxylic acid groups (broad SMARTS) is 1. The quantitative estimate of drug-likeness (QED) is 0.794. The van der Waals surface area contributed by atoms with Crippen LogP contribution in [-0.2, 0) is 6.54 Å². The van der Waals surface area contributed by atoms with Crippen LogP contribution in [0, 0.1) is 6.92 Å². The molecule has 0 spiro atoms. The standard InChI is InChI=1S/C11H13N5O3S/c1-5(17)9-8(10(18)19)13-11(20-9)16(3)4-7-12-6(2)14-15-7/h4H2,1-3H3,(H,18,19)(H,12,14,15). The molecule has 2 aromatic rings. The number of ketones is 1. The van der Waals surface area contributed by atoms with Crippen LogP contribution in [0.15, 0.2) is 0 Å². The molecular weight excluding hydrogens is 282 g/mol. The third-order valence-electron chi connectivity index (χ3n) is 2.49. The molecule has 0 aliphatic rings. The van der Waals surface area contributed by atoms with Crippen molar-refractivity contribution in [2.75, 3.05) is 11.9 Å². The number of carbonyl (C=O) groups is 2. The van der Waals surface area contributed by atoms with E-state index in [1.54, 1.807) is 18.9 Å². The number of aromatic nitrogens is 4. The number of aromatic carboxylic acids is 1. The van der Waals surface area contributed by atoms with Crippen LogP contribution in [0.1, 0.15) is 38.7 Å². The van der Waals surface area contributed by atoms with E-state index in [4.69, 9.17) is 5.11 Å². The van der Waals surface area contributed by atoms with E-state index in [1.165, 1.54) is 6.92 Å². The van der Waals surface area contributed by atoms with Crippen molar-refractivity contribution in [2.24, 2.45) is 0 Å². The fourth-order valence-corrected chi connectivity index (χ4v) is 2.51. The summed E-state index contributed by atoms with van der Waals surface area (Å²) >= 11 is 1.05. The van der Waals surface area contributed by atoms with Gasteiger partial charge in [-0.2, -0.15) is 5.10 Å². The summed E-state index contributed by atoms with van der Waals surface area (Å²) in [5.41, 5.74) is -0.212. The number of hydrogen-bond donors (Lipinski definition) is 2. The lowest BCUT2D eigenvalue weighted by molar-refractivity contribution is 0.0687. The first-order valence-corrected chi connectivity index (χ1v) is 6.54. The maximum Gasteiger partial charge on any atom is 0.356 e. The molecule has 2 heterocycles. The summed E-state index contributed by atoms with van der Waals surface area (Å²) in [4.78, 5) is 32.5. The number of Topliss-reactive ketones (excluding diaryl/α,β-unsaturated/α-hetero) is 1. The smallest absolute Gasteiger partial charge is 0.356 e. The van der Waals surface area contributed by atoms with E-state index < -0.39 is 5.97 Å². The van der Waals surface area contributed by atoms with Gasteiger partial charge < -0.3 is 10.0 Å². The fraction of sp³-hybridized carbons (Fsp3) is 0.364. The third kappa shape index (κ3) is 2.82. The highest BCUT2D eigenvalue weighted by Crippen LogP contribution is 2.26. The molecule has 0 saturated carbocycles. The van der Waals surface area contributed by atoms with E-state index in [0.29, 0.717) is 23.3 Å². The molecule has 0 fully saturated rings. The van der Waals surface area contributed by atoms with E-state index in [9.17, 15) is 9.59 Å². The number of carbonyl (C=O) groups excluding carboxylic acids is 1. The van der Waals surface area contributed by atoms with Crippen molar-refractivity contribution in [3.63, 3.8) is 0 Å². The van der Waals surface area contributed by atoms with Crippen LogP contribution < -0.4 is 4.90 Å². The van der Waals surface area contributed by atoms with Crippen LogP contribution in [0.4, 0.5) is 5.13 Å². The molecule has 2 N–H and O–H groups in total. The molecule has 0 aliphatic carbocycles. The zero-order valence-electron chi connectivity index (χ0n) is 11.2. The molecule has 9 heteroatoms. The molecule has 0 amide bonds. The van der Waals surface area contributed by atoms with Crippen LogP contribution in [-0.4, -0.2) is 44.1 Å². The Labute approximate surface area is 118 Å². The van der Waals surface area contributed by atoms with Crippen LogP contribution in [0.3, 0.4) is 0 Å². The monoisotopic (exact) mass is 295 g/mol. The Hall–Kier alpha value is -2.29. The number of nitrogens with zero attached hydrogens (tertiary/aromatic N) is 4. The van der Waals surface area contributed by atoms with E-state index in [-0.39, 0.29) is 16.4 Å². The summed E-state index contributed by atoms with van der Waals surface area (Å²) in [5.74, 6) is -0.252. The Kier molecular flexibility index (Phi) is 3.79. The highest BCUT2D eigenvalue weighted by atomic mass is 32.1. The van der Waals surface area contributed by atoms with Crippen molar-refractivity contribution in [3.8, 4) is 0 Å². The Morgan fingerprint density at radius 3 is 2.55 bits per heavy atom. The van der Waals surface area contributed by atoms with Gasteiger partial charge in [-0.25, -0.2) is 14.8 Å². The van der Waals surface area contributed by atoms with Gasteiger partial charge >= 0.3 is 5.97 Å². The average molecular weight is 295 g/mol. The van der Waals surface area contributed by atoms with Gasteiger partial charge in [-0.15, -0.1) is 0 Å². The van der Waals surface area contributed by atoms with Gasteiger partial charge in [0.15, 0.2) is 22.4 Å².